The van der Waals surface area contributed by atoms with E-state index >= 15 is 0 Å². The van der Waals surface area contributed by atoms with Gasteiger partial charge in [0.05, 0.1) is 17.7 Å². The quantitative estimate of drug-likeness (QED) is 0.502. The second-order valence-corrected chi connectivity index (χ2v) is 10.5. The van der Waals surface area contributed by atoms with E-state index in [0.717, 1.165) is 5.56 Å². The van der Waals surface area contributed by atoms with Crippen molar-refractivity contribution < 1.29 is 22.3 Å². The van der Waals surface area contributed by atoms with Crippen molar-refractivity contribution in [3.63, 3.8) is 0 Å². The van der Waals surface area contributed by atoms with Gasteiger partial charge >= 0.3 is 0 Å². The summed E-state index contributed by atoms with van der Waals surface area (Å²) in [6.45, 7) is 3.40. The molecule has 1 aliphatic heterocycles. The molecule has 3 aromatic carbocycles. The molecule has 4 rings (SSSR count). The summed E-state index contributed by atoms with van der Waals surface area (Å²) in [5.74, 6) is -0.0267. The molecule has 1 saturated heterocycles. The summed E-state index contributed by atoms with van der Waals surface area (Å²) in [6.07, 6.45) is 0.210. The summed E-state index contributed by atoms with van der Waals surface area (Å²) >= 11 is 0. The molecule has 36 heavy (non-hydrogen) atoms. The molecule has 0 saturated carbocycles. The molecule has 0 aromatic heterocycles. The van der Waals surface area contributed by atoms with Gasteiger partial charge in [-0.15, -0.1) is 0 Å². The minimum absolute atomic E-state index is 0.0658. The average Bonchev–Trinajstić information content (AvgIpc) is 2.89. The van der Waals surface area contributed by atoms with Crippen LogP contribution in [0.1, 0.15) is 11.1 Å². The van der Waals surface area contributed by atoms with E-state index in [1.807, 2.05) is 35.2 Å². The van der Waals surface area contributed by atoms with E-state index in [1.165, 1.54) is 25.3 Å². The topological polar surface area (TPSA) is 78.9 Å². The number of hydrogen-bond acceptors (Lipinski definition) is 5. The van der Waals surface area contributed by atoms with Crippen molar-refractivity contribution in [3.05, 3.63) is 89.7 Å². The number of anilines is 1. The molecule has 3 aromatic rings. The zero-order valence-electron chi connectivity index (χ0n) is 20.4. The molecule has 0 radical (unpaired) electrons. The Morgan fingerprint density at radius 3 is 2.31 bits per heavy atom. The van der Waals surface area contributed by atoms with Gasteiger partial charge in [-0.2, -0.15) is 4.72 Å². The smallest absolute Gasteiger partial charge is 0.241 e. The number of methoxy groups -OCH3 is 1. The van der Waals surface area contributed by atoms with E-state index in [0.29, 0.717) is 43.2 Å². The van der Waals surface area contributed by atoms with Crippen molar-refractivity contribution in [2.75, 3.05) is 38.2 Å². The van der Waals surface area contributed by atoms with Gasteiger partial charge in [-0.3, -0.25) is 4.79 Å². The average molecular weight is 512 g/mol. The molecule has 1 N–H and O–H groups in total. The minimum Gasteiger partial charge on any atom is -0.496 e. The molecule has 1 aliphatic rings. The Hall–Kier alpha value is -3.43. The molecule has 0 aliphatic carbocycles. The van der Waals surface area contributed by atoms with Crippen molar-refractivity contribution in [1.29, 1.82) is 0 Å². The lowest BCUT2D eigenvalue weighted by Crippen LogP contribution is -2.55. The molecular weight excluding hydrogens is 481 g/mol. The largest absolute Gasteiger partial charge is 0.496 e. The maximum atomic E-state index is 14.2. The predicted molar refractivity (Wildman–Crippen MR) is 137 cm³/mol. The molecule has 1 atom stereocenters. The van der Waals surface area contributed by atoms with E-state index in [1.54, 1.807) is 36.1 Å². The van der Waals surface area contributed by atoms with Crippen LogP contribution in [0.2, 0.25) is 0 Å². The number of piperazine rings is 1. The fourth-order valence-electron chi connectivity index (χ4n) is 4.40. The van der Waals surface area contributed by atoms with Gasteiger partial charge in [-0.05, 0) is 54.8 Å². The maximum absolute atomic E-state index is 14.2. The van der Waals surface area contributed by atoms with E-state index in [-0.39, 0.29) is 23.0 Å². The number of amides is 1. The van der Waals surface area contributed by atoms with Gasteiger partial charge in [0, 0.05) is 26.2 Å². The van der Waals surface area contributed by atoms with Crippen molar-refractivity contribution in [1.82, 2.24) is 9.62 Å². The van der Waals surface area contributed by atoms with E-state index in [2.05, 4.69) is 4.72 Å². The number of benzene rings is 3. The lowest BCUT2D eigenvalue weighted by molar-refractivity contribution is -0.133. The van der Waals surface area contributed by atoms with Crippen LogP contribution in [0.25, 0.3) is 0 Å². The Morgan fingerprint density at radius 2 is 1.67 bits per heavy atom. The molecule has 9 heteroatoms. The van der Waals surface area contributed by atoms with Crippen molar-refractivity contribution >= 4 is 21.6 Å². The van der Waals surface area contributed by atoms with E-state index < -0.39 is 16.1 Å². The van der Waals surface area contributed by atoms with E-state index in [4.69, 9.17) is 4.74 Å². The Bertz CT molecular complexity index is 1310. The maximum Gasteiger partial charge on any atom is 0.241 e. The Balaban J connectivity index is 1.53. The predicted octanol–water partition coefficient (Wildman–Crippen LogP) is 3.38. The summed E-state index contributed by atoms with van der Waals surface area (Å²) in [7, 11) is -2.46. The molecule has 1 amide bonds. The van der Waals surface area contributed by atoms with Crippen LogP contribution in [0.3, 0.4) is 0 Å². The number of hydrogen-bond donors (Lipinski definition) is 1. The number of carbonyl (C=O) groups excluding carboxylic acids is 1. The molecular formula is C27H30FN3O4S. The van der Waals surface area contributed by atoms with Crippen molar-refractivity contribution in [2.45, 2.75) is 24.3 Å². The molecule has 1 fully saturated rings. The number of ether oxygens (including phenoxy) is 1. The highest BCUT2D eigenvalue weighted by molar-refractivity contribution is 7.89. The highest BCUT2D eigenvalue weighted by Crippen LogP contribution is 2.23. The number of para-hydroxylation sites is 1. The van der Waals surface area contributed by atoms with E-state index in [9.17, 15) is 17.6 Å². The molecule has 1 heterocycles. The second-order valence-electron chi connectivity index (χ2n) is 8.76. The third kappa shape index (κ3) is 5.85. The first-order valence-corrected chi connectivity index (χ1v) is 13.3. The number of aryl methyl sites for hydroxylation is 1. The molecule has 0 spiro atoms. The van der Waals surface area contributed by atoms with Crippen LogP contribution in [0.5, 0.6) is 5.75 Å². The summed E-state index contributed by atoms with van der Waals surface area (Å²) in [4.78, 5) is 17.2. The van der Waals surface area contributed by atoms with Gasteiger partial charge < -0.3 is 14.5 Å². The second kappa shape index (κ2) is 11.1. The van der Waals surface area contributed by atoms with Crippen molar-refractivity contribution in [2.24, 2.45) is 0 Å². The number of rotatable bonds is 8. The SMILES string of the molecule is COc1ccc(S(=O)(=O)N[C@H](Cc2ccccc2)C(=O)N2CCN(c3ccccc3F)CC2)cc1C. The third-order valence-corrected chi connectivity index (χ3v) is 7.81. The first-order valence-electron chi connectivity index (χ1n) is 11.8. The van der Waals surface area contributed by atoms with Gasteiger partial charge in [-0.1, -0.05) is 42.5 Å². The fraction of sp³-hybridized carbons (Fsp3) is 0.296. The summed E-state index contributed by atoms with van der Waals surface area (Å²) in [6, 6.07) is 19.5. The van der Waals surface area contributed by atoms with Crippen LogP contribution < -0.4 is 14.4 Å². The first-order chi connectivity index (χ1) is 17.3. The lowest BCUT2D eigenvalue weighted by atomic mass is 10.1. The monoisotopic (exact) mass is 511 g/mol. The molecule has 7 nitrogen and oxygen atoms in total. The molecule has 190 valence electrons. The van der Waals surface area contributed by atoms with Gasteiger partial charge in [0.25, 0.3) is 0 Å². The Kier molecular flexibility index (Phi) is 7.91. The van der Waals surface area contributed by atoms with Crippen LogP contribution in [0.4, 0.5) is 10.1 Å². The van der Waals surface area contributed by atoms with Gasteiger partial charge in [0.2, 0.25) is 15.9 Å². The number of nitrogens with zero attached hydrogens (tertiary/aromatic N) is 2. The standard InChI is InChI=1S/C27H30FN3O4S/c1-20-18-22(12-13-26(20)35-2)36(33,34)29-24(19-21-8-4-3-5-9-21)27(32)31-16-14-30(15-17-31)25-11-7-6-10-23(25)28/h3-13,18,24,29H,14-17,19H2,1-2H3/t24-/m1/s1. The highest BCUT2D eigenvalue weighted by Gasteiger charge is 2.32. The van der Waals surface area contributed by atoms with Crippen LogP contribution in [-0.2, 0) is 21.2 Å². The first kappa shape index (κ1) is 25.7. The number of sulfonamides is 1. The van der Waals surface area contributed by atoms with Crippen LogP contribution in [-0.4, -0.2) is 58.6 Å². The Morgan fingerprint density at radius 1 is 1.00 bits per heavy atom. The number of carbonyl (C=O) groups is 1. The van der Waals surface area contributed by atoms with Gasteiger partial charge in [0.15, 0.2) is 0 Å². The van der Waals surface area contributed by atoms with Gasteiger partial charge in [-0.25, -0.2) is 12.8 Å². The van der Waals surface area contributed by atoms with Crippen LogP contribution in [0.15, 0.2) is 77.7 Å². The summed E-state index contributed by atoms with van der Waals surface area (Å²) < 4.78 is 48.6. The highest BCUT2D eigenvalue weighted by atomic mass is 32.2. The van der Waals surface area contributed by atoms with Crippen LogP contribution >= 0.6 is 0 Å². The minimum atomic E-state index is -3.98. The lowest BCUT2D eigenvalue weighted by Gasteiger charge is -2.37. The third-order valence-electron chi connectivity index (χ3n) is 6.34. The zero-order chi connectivity index (χ0) is 25.7. The Labute approximate surface area is 211 Å². The fourth-order valence-corrected chi connectivity index (χ4v) is 5.67. The van der Waals surface area contributed by atoms with Gasteiger partial charge in [0.1, 0.15) is 17.6 Å². The summed E-state index contributed by atoms with van der Waals surface area (Å²) in [5, 5.41) is 0. The normalized spacial score (nSPS) is 15.0. The zero-order valence-corrected chi connectivity index (χ0v) is 21.2. The van der Waals surface area contributed by atoms with Crippen molar-refractivity contribution in [3.8, 4) is 5.75 Å². The van der Waals surface area contributed by atoms with Crippen LogP contribution in [0, 0.1) is 12.7 Å². The molecule has 0 bridgehead atoms. The summed E-state index contributed by atoms with van der Waals surface area (Å²) in [5.41, 5.74) is 2.02. The molecule has 0 unspecified atom stereocenters. The number of halogens is 1. The number of nitrogens with one attached hydrogen (secondary N) is 1.